The van der Waals surface area contributed by atoms with Crippen LogP contribution in [0.25, 0.3) is 0 Å². The fourth-order valence-electron chi connectivity index (χ4n) is 3.49. The summed E-state index contributed by atoms with van der Waals surface area (Å²) in [5, 5.41) is 2.92. The molecule has 3 aromatic rings. The number of anilines is 2. The van der Waals surface area contributed by atoms with Gasteiger partial charge in [-0.05, 0) is 60.7 Å². The lowest BCUT2D eigenvalue weighted by Crippen LogP contribution is -2.48. The summed E-state index contributed by atoms with van der Waals surface area (Å²) < 4.78 is 0.939. The van der Waals surface area contributed by atoms with Gasteiger partial charge in [-0.25, -0.2) is 0 Å². The number of nitrogens with one attached hydrogen (secondary N) is 1. The first kappa shape index (κ1) is 20.2. The largest absolute Gasteiger partial charge is 0.368 e. The summed E-state index contributed by atoms with van der Waals surface area (Å²) in [6.07, 6.45) is 0. The highest BCUT2D eigenvalue weighted by atomic mass is 79.9. The lowest BCUT2D eigenvalue weighted by molar-refractivity contribution is 0.0746. The van der Waals surface area contributed by atoms with Crippen LogP contribution >= 0.6 is 15.9 Å². The van der Waals surface area contributed by atoms with Crippen LogP contribution in [0.15, 0.2) is 83.3 Å². The Bertz CT molecular complexity index is 1010. The number of amides is 2. The summed E-state index contributed by atoms with van der Waals surface area (Å²) in [4.78, 5) is 29.1. The maximum absolute atomic E-state index is 12.6. The molecule has 30 heavy (non-hydrogen) atoms. The zero-order valence-corrected chi connectivity index (χ0v) is 18.0. The van der Waals surface area contributed by atoms with Crippen molar-refractivity contribution in [3.63, 3.8) is 0 Å². The minimum atomic E-state index is -0.136. The van der Waals surface area contributed by atoms with Crippen LogP contribution in [0.1, 0.15) is 20.7 Å². The van der Waals surface area contributed by atoms with Crippen molar-refractivity contribution in [2.75, 3.05) is 36.4 Å². The standard InChI is InChI=1S/C24H22BrN3O2/c25-20-8-6-18(7-9-20)23(29)26-21-10-12-22(13-11-21)27-14-16-28(17-15-27)24(30)19-4-2-1-3-5-19/h1-13H,14-17H2,(H,26,29). The molecule has 3 aromatic carbocycles. The molecule has 1 N–H and O–H groups in total. The molecule has 1 saturated heterocycles. The predicted octanol–water partition coefficient (Wildman–Crippen LogP) is 4.66. The van der Waals surface area contributed by atoms with Crippen LogP contribution < -0.4 is 10.2 Å². The van der Waals surface area contributed by atoms with E-state index in [0.717, 1.165) is 34.5 Å². The van der Waals surface area contributed by atoms with Gasteiger partial charge in [0.2, 0.25) is 0 Å². The molecule has 4 rings (SSSR count). The van der Waals surface area contributed by atoms with Gasteiger partial charge in [-0.1, -0.05) is 34.1 Å². The summed E-state index contributed by atoms with van der Waals surface area (Å²) in [5.41, 5.74) is 3.19. The van der Waals surface area contributed by atoms with Crippen molar-refractivity contribution in [1.82, 2.24) is 4.90 Å². The van der Waals surface area contributed by atoms with E-state index in [1.54, 1.807) is 12.1 Å². The van der Waals surface area contributed by atoms with Gasteiger partial charge in [0, 0.05) is 53.2 Å². The molecule has 0 atom stereocenters. The highest BCUT2D eigenvalue weighted by molar-refractivity contribution is 9.10. The Kier molecular flexibility index (Phi) is 6.14. The van der Waals surface area contributed by atoms with Gasteiger partial charge in [-0.3, -0.25) is 9.59 Å². The number of halogens is 1. The molecule has 2 amide bonds. The number of rotatable bonds is 4. The van der Waals surface area contributed by atoms with Crippen molar-refractivity contribution >= 4 is 39.1 Å². The monoisotopic (exact) mass is 463 g/mol. The van der Waals surface area contributed by atoms with Crippen molar-refractivity contribution < 1.29 is 9.59 Å². The van der Waals surface area contributed by atoms with E-state index in [0.29, 0.717) is 18.7 Å². The molecule has 1 fully saturated rings. The molecule has 0 saturated carbocycles. The summed E-state index contributed by atoms with van der Waals surface area (Å²) in [5.74, 6) is -0.0514. The predicted molar refractivity (Wildman–Crippen MR) is 123 cm³/mol. The molecule has 1 aliphatic heterocycles. The Balaban J connectivity index is 1.33. The second-order valence-electron chi connectivity index (χ2n) is 7.15. The van der Waals surface area contributed by atoms with E-state index in [1.165, 1.54) is 0 Å². The number of hydrogen-bond donors (Lipinski definition) is 1. The molecule has 0 aromatic heterocycles. The fraction of sp³-hybridized carbons (Fsp3) is 0.167. The molecule has 0 bridgehead atoms. The normalized spacial score (nSPS) is 13.8. The van der Waals surface area contributed by atoms with Crippen LogP contribution in [0.5, 0.6) is 0 Å². The van der Waals surface area contributed by atoms with Gasteiger partial charge in [-0.2, -0.15) is 0 Å². The fourth-order valence-corrected chi connectivity index (χ4v) is 3.76. The van der Waals surface area contributed by atoms with Crippen LogP contribution in [0, 0.1) is 0 Å². The van der Waals surface area contributed by atoms with E-state index in [2.05, 4.69) is 26.1 Å². The number of hydrogen-bond acceptors (Lipinski definition) is 3. The number of benzene rings is 3. The van der Waals surface area contributed by atoms with Crippen molar-refractivity contribution in [3.8, 4) is 0 Å². The lowest BCUT2D eigenvalue weighted by Gasteiger charge is -2.36. The number of piperazine rings is 1. The quantitative estimate of drug-likeness (QED) is 0.611. The van der Waals surface area contributed by atoms with Crippen molar-refractivity contribution in [1.29, 1.82) is 0 Å². The zero-order valence-electron chi connectivity index (χ0n) is 16.4. The second-order valence-corrected chi connectivity index (χ2v) is 8.07. The maximum atomic E-state index is 12.6. The number of carbonyl (C=O) groups is 2. The van der Waals surface area contributed by atoms with Crippen molar-refractivity contribution in [2.45, 2.75) is 0 Å². The SMILES string of the molecule is O=C(Nc1ccc(N2CCN(C(=O)c3ccccc3)CC2)cc1)c1ccc(Br)cc1. The molecular formula is C24H22BrN3O2. The van der Waals surface area contributed by atoms with Crippen molar-refractivity contribution in [3.05, 3.63) is 94.5 Å². The highest BCUT2D eigenvalue weighted by Crippen LogP contribution is 2.21. The number of nitrogens with zero attached hydrogens (tertiary/aromatic N) is 2. The van der Waals surface area contributed by atoms with Gasteiger partial charge in [0.1, 0.15) is 0 Å². The molecule has 0 spiro atoms. The first-order valence-corrected chi connectivity index (χ1v) is 10.7. The molecule has 0 unspecified atom stereocenters. The third kappa shape index (κ3) is 4.71. The van der Waals surface area contributed by atoms with Crippen LogP contribution in [-0.2, 0) is 0 Å². The zero-order chi connectivity index (χ0) is 20.9. The molecule has 1 heterocycles. The molecule has 152 valence electrons. The minimum absolute atomic E-state index is 0.0845. The third-order valence-corrected chi connectivity index (χ3v) is 5.71. The van der Waals surface area contributed by atoms with E-state index < -0.39 is 0 Å². The summed E-state index contributed by atoms with van der Waals surface area (Å²) in [7, 11) is 0. The summed E-state index contributed by atoms with van der Waals surface area (Å²) >= 11 is 3.37. The van der Waals surface area contributed by atoms with E-state index in [1.807, 2.05) is 71.6 Å². The van der Waals surface area contributed by atoms with Gasteiger partial charge < -0.3 is 15.1 Å². The molecule has 6 heteroatoms. The summed E-state index contributed by atoms with van der Waals surface area (Å²) in [6, 6.07) is 24.5. The van der Waals surface area contributed by atoms with Crippen LogP contribution in [0.3, 0.4) is 0 Å². The van der Waals surface area contributed by atoms with E-state index >= 15 is 0 Å². The van der Waals surface area contributed by atoms with Crippen LogP contribution in [0.4, 0.5) is 11.4 Å². The van der Waals surface area contributed by atoms with Gasteiger partial charge >= 0.3 is 0 Å². The minimum Gasteiger partial charge on any atom is -0.368 e. The molecule has 0 aliphatic carbocycles. The van der Waals surface area contributed by atoms with Crippen LogP contribution in [0.2, 0.25) is 0 Å². The molecule has 1 aliphatic rings. The van der Waals surface area contributed by atoms with Crippen LogP contribution in [-0.4, -0.2) is 42.9 Å². The number of carbonyl (C=O) groups excluding carboxylic acids is 2. The summed E-state index contributed by atoms with van der Waals surface area (Å²) in [6.45, 7) is 2.94. The van der Waals surface area contributed by atoms with E-state index in [4.69, 9.17) is 0 Å². The average Bonchev–Trinajstić information content (AvgIpc) is 2.80. The Morgan fingerprint density at radius 3 is 2.00 bits per heavy atom. The Morgan fingerprint density at radius 2 is 1.37 bits per heavy atom. The Morgan fingerprint density at radius 1 is 0.733 bits per heavy atom. The molecular weight excluding hydrogens is 442 g/mol. The van der Waals surface area contributed by atoms with Gasteiger partial charge in [0.25, 0.3) is 11.8 Å². The lowest BCUT2D eigenvalue weighted by atomic mass is 10.1. The van der Waals surface area contributed by atoms with Gasteiger partial charge in [0.05, 0.1) is 0 Å². The average molecular weight is 464 g/mol. The highest BCUT2D eigenvalue weighted by Gasteiger charge is 2.22. The molecule has 5 nitrogen and oxygen atoms in total. The molecule has 0 radical (unpaired) electrons. The first-order chi connectivity index (χ1) is 14.6. The third-order valence-electron chi connectivity index (χ3n) is 5.18. The first-order valence-electron chi connectivity index (χ1n) is 9.86. The Hall–Kier alpha value is -3.12. The van der Waals surface area contributed by atoms with Crippen molar-refractivity contribution in [2.24, 2.45) is 0 Å². The maximum Gasteiger partial charge on any atom is 0.255 e. The van der Waals surface area contributed by atoms with Gasteiger partial charge in [0.15, 0.2) is 0 Å². The smallest absolute Gasteiger partial charge is 0.255 e. The second kappa shape index (κ2) is 9.13. The van der Waals surface area contributed by atoms with E-state index in [9.17, 15) is 9.59 Å². The van der Waals surface area contributed by atoms with Gasteiger partial charge in [-0.15, -0.1) is 0 Å². The van der Waals surface area contributed by atoms with E-state index in [-0.39, 0.29) is 11.8 Å². The topological polar surface area (TPSA) is 52.7 Å². The Labute approximate surface area is 184 Å².